The highest BCUT2D eigenvalue weighted by Gasteiger charge is 2.18. The summed E-state index contributed by atoms with van der Waals surface area (Å²) in [6.45, 7) is 1.94. The Morgan fingerprint density at radius 2 is 2.06 bits per heavy atom. The predicted molar refractivity (Wildman–Crippen MR) is 73.7 cm³/mol. The molecule has 1 atom stereocenters. The zero-order chi connectivity index (χ0) is 13.3. The molecule has 0 fully saturated rings. The van der Waals surface area contributed by atoms with Gasteiger partial charge in [0.15, 0.2) is 0 Å². The maximum atomic E-state index is 13.8. The molecule has 0 aliphatic rings. The van der Waals surface area contributed by atoms with Gasteiger partial charge in [0.25, 0.3) is 0 Å². The lowest BCUT2D eigenvalue weighted by Crippen LogP contribution is -2.15. The van der Waals surface area contributed by atoms with Gasteiger partial charge < -0.3 is 5.73 Å². The van der Waals surface area contributed by atoms with Gasteiger partial charge in [0.2, 0.25) is 0 Å². The molecule has 1 unspecified atom stereocenters. The average molecular weight is 332 g/mol. The zero-order valence-corrected chi connectivity index (χ0v) is 12.1. The van der Waals surface area contributed by atoms with E-state index >= 15 is 0 Å². The number of rotatable bonds is 3. The van der Waals surface area contributed by atoms with Gasteiger partial charge in [-0.1, -0.05) is 0 Å². The minimum absolute atomic E-state index is 0.0301. The predicted octanol–water partition coefficient (Wildman–Crippen LogP) is 4.34. The van der Waals surface area contributed by atoms with Crippen molar-refractivity contribution in [1.82, 2.24) is 0 Å². The lowest BCUT2D eigenvalue weighted by molar-refractivity contribution is 0.536. The molecule has 0 aliphatic carbocycles. The molecule has 0 bridgehead atoms. The number of benzene rings is 1. The fourth-order valence-electron chi connectivity index (χ4n) is 1.84. The normalized spacial score (nSPS) is 12.7. The highest BCUT2D eigenvalue weighted by Crippen LogP contribution is 2.27. The maximum absolute atomic E-state index is 13.8. The number of hydrogen-bond acceptors (Lipinski definition) is 2. The average Bonchev–Trinajstić information content (AvgIpc) is 2.76. The summed E-state index contributed by atoms with van der Waals surface area (Å²) < 4.78 is 27.7. The van der Waals surface area contributed by atoms with Crippen LogP contribution in [0.1, 0.15) is 22.7 Å². The third-order valence-electron chi connectivity index (χ3n) is 2.86. The summed E-state index contributed by atoms with van der Waals surface area (Å²) in [5.74, 6) is -1.13. The van der Waals surface area contributed by atoms with E-state index in [9.17, 15) is 8.78 Å². The summed E-state index contributed by atoms with van der Waals surface area (Å²) in [6, 6.07) is 2.21. The molecule has 0 saturated heterocycles. The van der Waals surface area contributed by atoms with Crippen LogP contribution in [0.5, 0.6) is 0 Å². The second kappa shape index (κ2) is 5.47. The number of aryl methyl sites for hydroxylation is 1. The molecule has 2 rings (SSSR count). The molecule has 1 aromatic heterocycles. The molecule has 1 heterocycles. The van der Waals surface area contributed by atoms with Crippen molar-refractivity contribution in [2.45, 2.75) is 19.4 Å². The smallest absolute Gasteiger partial charge is 0.143 e. The molecule has 0 saturated carbocycles. The van der Waals surface area contributed by atoms with E-state index < -0.39 is 17.7 Å². The van der Waals surface area contributed by atoms with Gasteiger partial charge in [0.1, 0.15) is 11.6 Å². The van der Waals surface area contributed by atoms with Crippen LogP contribution < -0.4 is 5.73 Å². The van der Waals surface area contributed by atoms with Gasteiger partial charge in [-0.05, 0) is 63.3 Å². The van der Waals surface area contributed by atoms with E-state index in [0.717, 1.165) is 11.1 Å². The van der Waals surface area contributed by atoms with E-state index in [4.69, 9.17) is 5.73 Å². The van der Waals surface area contributed by atoms with Crippen LogP contribution in [0.15, 0.2) is 27.4 Å². The van der Waals surface area contributed by atoms with Gasteiger partial charge in [-0.25, -0.2) is 8.78 Å². The van der Waals surface area contributed by atoms with Crippen LogP contribution in [0.4, 0.5) is 8.78 Å². The van der Waals surface area contributed by atoms with E-state index in [-0.39, 0.29) is 16.5 Å². The first kappa shape index (κ1) is 13.6. The Labute approximate surface area is 117 Å². The summed E-state index contributed by atoms with van der Waals surface area (Å²) in [4.78, 5) is 0. The largest absolute Gasteiger partial charge is 0.324 e. The number of hydrogen-bond donors (Lipinski definition) is 1. The van der Waals surface area contributed by atoms with Crippen molar-refractivity contribution in [2.24, 2.45) is 5.73 Å². The van der Waals surface area contributed by atoms with Crippen LogP contribution in [0.2, 0.25) is 0 Å². The van der Waals surface area contributed by atoms with Crippen molar-refractivity contribution in [3.8, 4) is 0 Å². The second-order valence-electron chi connectivity index (χ2n) is 4.14. The summed E-state index contributed by atoms with van der Waals surface area (Å²) >= 11 is 4.59. The van der Waals surface area contributed by atoms with E-state index in [1.807, 2.05) is 17.7 Å². The third-order valence-corrected chi connectivity index (χ3v) is 4.35. The fourth-order valence-corrected chi connectivity index (χ4v) is 3.12. The molecule has 2 N–H and O–H groups in total. The van der Waals surface area contributed by atoms with Gasteiger partial charge in [-0.15, -0.1) is 0 Å². The molecule has 96 valence electrons. The molecular weight excluding hydrogens is 320 g/mol. The summed E-state index contributed by atoms with van der Waals surface area (Å²) in [7, 11) is 0. The van der Waals surface area contributed by atoms with Crippen molar-refractivity contribution in [1.29, 1.82) is 0 Å². The second-order valence-corrected chi connectivity index (χ2v) is 5.74. The molecule has 0 aliphatic heterocycles. The third kappa shape index (κ3) is 2.63. The Kier molecular flexibility index (Phi) is 4.14. The highest BCUT2D eigenvalue weighted by atomic mass is 79.9. The van der Waals surface area contributed by atoms with Gasteiger partial charge >= 0.3 is 0 Å². The molecule has 0 radical (unpaired) electrons. The molecule has 0 amide bonds. The topological polar surface area (TPSA) is 26.0 Å². The quantitative estimate of drug-likeness (QED) is 0.832. The molecule has 1 aromatic carbocycles. The minimum atomic E-state index is -0.571. The lowest BCUT2D eigenvalue weighted by Gasteiger charge is -2.13. The molecule has 2 aromatic rings. The van der Waals surface area contributed by atoms with Gasteiger partial charge in [-0.2, -0.15) is 11.3 Å². The lowest BCUT2D eigenvalue weighted by atomic mass is 9.99. The van der Waals surface area contributed by atoms with Crippen LogP contribution in [-0.2, 0) is 6.42 Å². The highest BCUT2D eigenvalue weighted by molar-refractivity contribution is 9.10. The zero-order valence-electron chi connectivity index (χ0n) is 9.71. The molecule has 18 heavy (non-hydrogen) atoms. The Morgan fingerprint density at radius 3 is 2.67 bits per heavy atom. The van der Waals surface area contributed by atoms with E-state index in [2.05, 4.69) is 15.9 Å². The molecule has 0 spiro atoms. The summed E-state index contributed by atoms with van der Waals surface area (Å²) in [6.07, 6.45) is 0.147. The number of thiophene rings is 1. The Hall–Kier alpha value is -0.780. The van der Waals surface area contributed by atoms with E-state index in [1.54, 1.807) is 0 Å². The van der Waals surface area contributed by atoms with Crippen molar-refractivity contribution >= 4 is 27.3 Å². The first-order valence-corrected chi connectivity index (χ1v) is 7.15. The van der Waals surface area contributed by atoms with Crippen LogP contribution in [0.3, 0.4) is 0 Å². The van der Waals surface area contributed by atoms with Crippen molar-refractivity contribution in [3.05, 3.63) is 55.7 Å². The summed E-state index contributed by atoms with van der Waals surface area (Å²) in [5.41, 5.74) is 8.05. The van der Waals surface area contributed by atoms with E-state index in [1.165, 1.54) is 23.5 Å². The number of halogens is 3. The van der Waals surface area contributed by atoms with Crippen LogP contribution in [-0.4, -0.2) is 0 Å². The monoisotopic (exact) mass is 331 g/mol. The standard InChI is InChI=1S/C13H12BrF2NS/c1-7-5-18-6-9(7)12(17)4-8-11(15)3-2-10(14)13(8)16/h2-3,5-6,12H,4,17H2,1H3. The Bertz CT molecular complexity index is 568. The Morgan fingerprint density at radius 1 is 1.33 bits per heavy atom. The van der Waals surface area contributed by atoms with Crippen molar-refractivity contribution < 1.29 is 8.78 Å². The Balaban J connectivity index is 2.30. The summed E-state index contributed by atoms with van der Waals surface area (Å²) in [5, 5.41) is 3.90. The van der Waals surface area contributed by atoms with Crippen molar-refractivity contribution in [3.63, 3.8) is 0 Å². The number of nitrogens with two attached hydrogens (primary N) is 1. The first-order valence-electron chi connectivity index (χ1n) is 5.41. The van der Waals surface area contributed by atoms with Gasteiger partial charge in [0.05, 0.1) is 4.47 Å². The van der Waals surface area contributed by atoms with E-state index in [0.29, 0.717) is 0 Å². The van der Waals surface area contributed by atoms with Gasteiger partial charge in [0, 0.05) is 11.6 Å². The first-order chi connectivity index (χ1) is 8.50. The van der Waals surface area contributed by atoms with Crippen LogP contribution >= 0.6 is 27.3 Å². The van der Waals surface area contributed by atoms with Gasteiger partial charge in [-0.3, -0.25) is 0 Å². The maximum Gasteiger partial charge on any atom is 0.143 e. The molecule has 1 nitrogen and oxygen atoms in total. The molecule has 5 heteroatoms. The van der Waals surface area contributed by atoms with Crippen molar-refractivity contribution in [2.75, 3.05) is 0 Å². The minimum Gasteiger partial charge on any atom is -0.324 e. The van der Waals surface area contributed by atoms with Crippen LogP contribution in [0, 0.1) is 18.6 Å². The molecular formula is C13H12BrF2NS. The fraction of sp³-hybridized carbons (Fsp3) is 0.231. The van der Waals surface area contributed by atoms with Crippen LogP contribution in [0.25, 0.3) is 0 Å². The SMILES string of the molecule is Cc1cscc1C(N)Cc1c(F)ccc(Br)c1F.